The van der Waals surface area contributed by atoms with E-state index in [2.05, 4.69) is 21.0 Å². The molecule has 2 rings (SSSR count). The lowest BCUT2D eigenvalue weighted by molar-refractivity contribution is 0.570. The molecular weight excluding hydrogens is 292 g/mol. The minimum absolute atomic E-state index is 0.464. The molecule has 0 saturated carbocycles. The molecule has 6 heteroatoms. The second-order valence-electron chi connectivity index (χ2n) is 4.47. The summed E-state index contributed by atoms with van der Waals surface area (Å²) in [5.41, 5.74) is 1.67. The Morgan fingerprint density at radius 2 is 2.10 bits per heavy atom. The average molecular weight is 309 g/mol. The van der Waals surface area contributed by atoms with E-state index in [4.69, 9.17) is 0 Å². The molecule has 0 radical (unpaired) electrons. The molecular formula is C15H17F2N3S. The summed E-state index contributed by atoms with van der Waals surface area (Å²) in [7, 11) is 1.68. The number of nitrogens with zero attached hydrogens (tertiary/aromatic N) is 1. The van der Waals surface area contributed by atoms with Crippen LogP contribution in [0.1, 0.15) is 11.1 Å². The summed E-state index contributed by atoms with van der Waals surface area (Å²) >= 11 is 1.64. The molecule has 1 aromatic heterocycles. The number of guanidine groups is 1. The maximum atomic E-state index is 13.5. The van der Waals surface area contributed by atoms with Gasteiger partial charge in [-0.1, -0.05) is 6.07 Å². The van der Waals surface area contributed by atoms with Gasteiger partial charge in [-0.2, -0.15) is 11.3 Å². The third-order valence-electron chi connectivity index (χ3n) is 2.97. The van der Waals surface area contributed by atoms with Crippen LogP contribution in [0.4, 0.5) is 8.78 Å². The van der Waals surface area contributed by atoms with E-state index >= 15 is 0 Å². The van der Waals surface area contributed by atoms with E-state index < -0.39 is 11.6 Å². The number of hydrogen-bond donors (Lipinski definition) is 2. The molecule has 112 valence electrons. The molecule has 0 aliphatic carbocycles. The van der Waals surface area contributed by atoms with Gasteiger partial charge in [-0.3, -0.25) is 4.99 Å². The van der Waals surface area contributed by atoms with Gasteiger partial charge in [0.2, 0.25) is 0 Å². The van der Waals surface area contributed by atoms with Crippen LogP contribution in [0.25, 0.3) is 0 Å². The van der Waals surface area contributed by atoms with Gasteiger partial charge in [0.05, 0.1) is 0 Å². The predicted molar refractivity (Wildman–Crippen MR) is 82.6 cm³/mol. The lowest BCUT2D eigenvalue weighted by Gasteiger charge is -2.11. The van der Waals surface area contributed by atoms with Crippen molar-refractivity contribution in [2.75, 3.05) is 13.6 Å². The van der Waals surface area contributed by atoms with E-state index in [1.165, 1.54) is 17.7 Å². The van der Waals surface area contributed by atoms with Crippen LogP contribution in [0.2, 0.25) is 0 Å². The van der Waals surface area contributed by atoms with E-state index in [1.807, 2.05) is 11.4 Å². The summed E-state index contributed by atoms with van der Waals surface area (Å²) in [4.78, 5) is 4.10. The van der Waals surface area contributed by atoms with Gasteiger partial charge in [-0.25, -0.2) is 8.78 Å². The zero-order valence-corrected chi connectivity index (χ0v) is 12.5. The number of halogens is 2. The van der Waals surface area contributed by atoms with Crippen molar-refractivity contribution in [1.29, 1.82) is 0 Å². The normalized spacial score (nSPS) is 11.5. The minimum Gasteiger partial charge on any atom is -0.356 e. The first-order chi connectivity index (χ1) is 10.2. The van der Waals surface area contributed by atoms with Gasteiger partial charge in [0.25, 0.3) is 0 Å². The Morgan fingerprint density at radius 3 is 2.76 bits per heavy atom. The minimum atomic E-state index is -0.558. The van der Waals surface area contributed by atoms with Crippen LogP contribution in [0.5, 0.6) is 0 Å². The summed E-state index contributed by atoms with van der Waals surface area (Å²) in [6.07, 6.45) is 0.464. The fraction of sp³-hybridized carbons (Fsp3) is 0.267. The van der Waals surface area contributed by atoms with Gasteiger partial charge in [-0.05, 0) is 40.4 Å². The SMILES string of the molecule is CN=C(NCCc1ccc(F)cc1F)NCc1ccsc1. The predicted octanol–water partition coefficient (Wildman–Crippen LogP) is 2.93. The molecule has 0 bridgehead atoms. The van der Waals surface area contributed by atoms with Crippen molar-refractivity contribution in [2.45, 2.75) is 13.0 Å². The standard InChI is InChI=1S/C15H17F2N3S/c1-18-15(20-9-11-5-7-21-10-11)19-6-4-12-2-3-13(16)8-14(12)17/h2-3,5,7-8,10H,4,6,9H2,1H3,(H2,18,19,20). The van der Waals surface area contributed by atoms with E-state index in [0.29, 0.717) is 31.0 Å². The molecule has 0 aliphatic rings. The smallest absolute Gasteiger partial charge is 0.191 e. The molecule has 0 saturated heterocycles. The first kappa shape index (κ1) is 15.4. The second-order valence-corrected chi connectivity index (χ2v) is 5.25. The Morgan fingerprint density at radius 1 is 1.24 bits per heavy atom. The molecule has 0 aliphatic heterocycles. The van der Waals surface area contributed by atoms with Crippen LogP contribution >= 0.6 is 11.3 Å². The maximum Gasteiger partial charge on any atom is 0.191 e. The lowest BCUT2D eigenvalue weighted by Crippen LogP contribution is -2.37. The van der Waals surface area contributed by atoms with Crippen molar-refractivity contribution < 1.29 is 8.78 Å². The van der Waals surface area contributed by atoms with Crippen LogP contribution in [0.3, 0.4) is 0 Å². The number of nitrogens with one attached hydrogen (secondary N) is 2. The molecule has 3 nitrogen and oxygen atoms in total. The number of benzene rings is 1. The quantitative estimate of drug-likeness (QED) is 0.658. The second kappa shape index (κ2) is 7.73. The fourth-order valence-electron chi connectivity index (χ4n) is 1.84. The highest BCUT2D eigenvalue weighted by Crippen LogP contribution is 2.09. The summed E-state index contributed by atoms with van der Waals surface area (Å²) in [5.74, 6) is -0.417. The van der Waals surface area contributed by atoms with E-state index in [-0.39, 0.29) is 0 Å². The third kappa shape index (κ3) is 4.82. The van der Waals surface area contributed by atoms with Gasteiger partial charge < -0.3 is 10.6 Å². The fourth-order valence-corrected chi connectivity index (χ4v) is 2.51. The van der Waals surface area contributed by atoms with Crippen molar-refractivity contribution in [1.82, 2.24) is 10.6 Å². The van der Waals surface area contributed by atoms with Gasteiger partial charge >= 0.3 is 0 Å². The highest BCUT2D eigenvalue weighted by atomic mass is 32.1. The molecule has 1 heterocycles. The molecule has 2 N–H and O–H groups in total. The van der Waals surface area contributed by atoms with Crippen molar-refractivity contribution >= 4 is 17.3 Å². The number of aliphatic imine (C=N–C) groups is 1. The van der Waals surface area contributed by atoms with E-state index in [1.54, 1.807) is 18.4 Å². The first-order valence-corrected chi connectivity index (χ1v) is 7.53. The summed E-state index contributed by atoms with van der Waals surface area (Å²) in [6, 6.07) is 5.67. The largest absolute Gasteiger partial charge is 0.356 e. The van der Waals surface area contributed by atoms with Crippen LogP contribution < -0.4 is 10.6 Å². The first-order valence-electron chi connectivity index (χ1n) is 6.58. The summed E-state index contributed by atoms with van der Waals surface area (Å²) in [5, 5.41) is 10.4. The van der Waals surface area contributed by atoms with Crippen molar-refractivity contribution in [3.63, 3.8) is 0 Å². The number of rotatable bonds is 5. The Bertz CT molecular complexity index is 597. The maximum absolute atomic E-state index is 13.5. The zero-order valence-electron chi connectivity index (χ0n) is 11.7. The molecule has 2 aromatic rings. The Balaban J connectivity index is 1.78. The van der Waals surface area contributed by atoms with Crippen LogP contribution in [0, 0.1) is 11.6 Å². The zero-order chi connectivity index (χ0) is 15.1. The number of thiophene rings is 1. The molecule has 1 aromatic carbocycles. The van der Waals surface area contributed by atoms with Crippen LogP contribution in [-0.4, -0.2) is 19.6 Å². The highest BCUT2D eigenvalue weighted by molar-refractivity contribution is 7.07. The van der Waals surface area contributed by atoms with Crippen molar-refractivity contribution in [3.05, 3.63) is 57.8 Å². The van der Waals surface area contributed by atoms with Crippen molar-refractivity contribution in [3.8, 4) is 0 Å². The van der Waals surface area contributed by atoms with Crippen LogP contribution in [0.15, 0.2) is 40.0 Å². The Labute approximate surface area is 126 Å². The van der Waals surface area contributed by atoms with Gasteiger partial charge in [0, 0.05) is 26.2 Å². The van der Waals surface area contributed by atoms with Gasteiger partial charge in [0.15, 0.2) is 5.96 Å². The monoisotopic (exact) mass is 309 g/mol. The third-order valence-corrected chi connectivity index (χ3v) is 3.70. The topological polar surface area (TPSA) is 36.4 Å². The molecule has 0 amide bonds. The molecule has 0 spiro atoms. The van der Waals surface area contributed by atoms with Crippen molar-refractivity contribution in [2.24, 2.45) is 4.99 Å². The summed E-state index contributed by atoms with van der Waals surface area (Å²) < 4.78 is 26.3. The molecule has 0 atom stereocenters. The van der Waals surface area contributed by atoms with E-state index in [0.717, 1.165) is 6.07 Å². The Kier molecular flexibility index (Phi) is 5.68. The van der Waals surface area contributed by atoms with Crippen LogP contribution in [-0.2, 0) is 13.0 Å². The average Bonchev–Trinajstić information content (AvgIpc) is 2.98. The number of hydrogen-bond acceptors (Lipinski definition) is 2. The van der Waals surface area contributed by atoms with Gasteiger partial charge in [-0.15, -0.1) is 0 Å². The molecule has 21 heavy (non-hydrogen) atoms. The molecule has 0 fully saturated rings. The lowest BCUT2D eigenvalue weighted by atomic mass is 10.1. The highest BCUT2D eigenvalue weighted by Gasteiger charge is 2.04. The summed E-state index contributed by atoms with van der Waals surface area (Å²) in [6.45, 7) is 1.21. The van der Waals surface area contributed by atoms with Gasteiger partial charge in [0.1, 0.15) is 11.6 Å². The Hall–Kier alpha value is -1.95. The van der Waals surface area contributed by atoms with E-state index in [9.17, 15) is 8.78 Å². The molecule has 0 unspecified atom stereocenters.